The van der Waals surface area contributed by atoms with Crippen LogP contribution < -0.4 is 5.32 Å². The van der Waals surface area contributed by atoms with E-state index in [1.54, 1.807) is 36.5 Å². The van der Waals surface area contributed by atoms with E-state index in [9.17, 15) is 15.0 Å². The van der Waals surface area contributed by atoms with Gasteiger partial charge in [0, 0.05) is 17.3 Å². The number of allylic oxidation sites excluding steroid dienone is 1. The number of rotatable bonds is 5. The molecule has 120 valence electrons. The number of phenolic OH excluding ortho intramolecular Hbond substituents is 1. The van der Waals surface area contributed by atoms with Gasteiger partial charge in [0.05, 0.1) is 22.7 Å². The number of aromatic hydroxyl groups is 1. The summed E-state index contributed by atoms with van der Waals surface area (Å²) in [4.78, 5) is 16.2. The summed E-state index contributed by atoms with van der Waals surface area (Å²) in [5.74, 6) is -0.451. The molecule has 0 amide bonds. The quantitative estimate of drug-likeness (QED) is 0.437. The Balaban J connectivity index is 2.50. The number of nitrogens with zero attached hydrogens (tertiary/aromatic N) is 1. The lowest BCUT2D eigenvalue weighted by Gasteiger charge is -2.22. The SMILES string of the molecule is CC(=O)C(=C(C)O)C(Nc1ccc(Cl)cc1O)c1ccccn1. The molecule has 2 aromatic rings. The maximum Gasteiger partial charge on any atom is 0.161 e. The lowest BCUT2D eigenvalue weighted by atomic mass is 9.98. The Morgan fingerprint density at radius 2 is 2.00 bits per heavy atom. The summed E-state index contributed by atoms with van der Waals surface area (Å²) in [7, 11) is 0. The Morgan fingerprint density at radius 3 is 2.52 bits per heavy atom. The maximum absolute atomic E-state index is 12.0. The van der Waals surface area contributed by atoms with Crippen LogP contribution in [0.5, 0.6) is 5.75 Å². The van der Waals surface area contributed by atoms with Gasteiger partial charge < -0.3 is 15.5 Å². The number of carbonyl (C=O) groups is 1. The Hall–Kier alpha value is -2.53. The van der Waals surface area contributed by atoms with Gasteiger partial charge in [-0.2, -0.15) is 0 Å². The minimum atomic E-state index is -0.703. The minimum absolute atomic E-state index is 0.0584. The highest BCUT2D eigenvalue weighted by Gasteiger charge is 2.24. The summed E-state index contributed by atoms with van der Waals surface area (Å²) in [5.41, 5.74) is 1.10. The molecule has 1 unspecified atom stereocenters. The average molecular weight is 333 g/mol. The molecular formula is C17H17ClN2O3. The highest BCUT2D eigenvalue weighted by Crippen LogP contribution is 2.33. The van der Waals surface area contributed by atoms with E-state index in [0.29, 0.717) is 16.4 Å². The number of nitrogens with one attached hydrogen (secondary N) is 1. The van der Waals surface area contributed by atoms with Gasteiger partial charge in [-0.15, -0.1) is 0 Å². The highest BCUT2D eigenvalue weighted by molar-refractivity contribution is 6.30. The van der Waals surface area contributed by atoms with Crippen LogP contribution in [0.4, 0.5) is 5.69 Å². The van der Waals surface area contributed by atoms with Crippen LogP contribution in [0.3, 0.4) is 0 Å². The zero-order chi connectivity index (χ0) is 17.0. The molecule has 1 heterocycles. The van der Waals surface area contributed by atoms with E-state index in [0.717, 1.165) is 0 Å². The molecule has 5 nitrogen and oxygen atoms in total. The Kier molecular flexibility index (Phi) is 5.24. The fourth-order valence-electron chi connectivity index (χ4n) is 2.29. The topological polar surface area (TPSA) is 82.5 Å². The van der Waals surface area contributed by atoms with E-state index < -0.39 is 6.04 Å². The van der Waals surface area contributed by atoms with Crippen molar-refractivity contribution in [3.8, 4) is 5.75 Å². The molecule has 2 rings (SSSR count). The number of halogens is 1. The molecule has 1 aromatic heterocycles. The second kappa shape index (κ2) is 7.15. The van der Waals surface area contributed by atoms with Crippen molar-refractivity contribution >= 4 is 23.1 Å². The van der Waals surface area contributed by atoms with Crippen molar-refractivity contribution in [1.82, 2.24) is 4.98 Å². The number of ketones is 1. The van der Waals surface area contributed by atoms with Gasteiger partial charge in [-0.25, -0.2) is 0 Å². The first-order valence-corrected chi connectivity index (χ1v) is 7.34. The molecule has 1 aromatic carbocycles. The Bertz CT molecular complexity index is 741. The third kappa shape index (κ3) is 4.02. The number of hydrogen-bond donors (Lipinski definition) is 3. The number of carbonyl (C=O) groups excluding carboxylic acids is 1. The Labute approximate surface area is 139 Å². The van der Waals surface area contributed by atoms with Gasteiger partial charge in [0.15, 0.2) is 5.78 Å². The van der Waals surface area contributed by atoms with E-state index in [2.05, 4.69) is 10.3 Å². The number of aliphatic hydroxyl groups excluding tert-OH is 1. The zero-order valence-corrected chi connectivity index (χ0v) is 13.5. The van der Waals surface area contributed by atoms with Crippen molar-refractivity contribution in [2.75, 3.05) is 5.32 Å². The van der Waals surface area contributed by atoms with Crippen LogP contribution in [-0.4, -0.2) is 21.0 Å². The van der Waals surface area contributed by atoms with Gasteiger partial charge in [0.2, 0.25) is 0 Å². The van der Waals surface area contributed by atoms with Crippen molar-refractivity contribution in [2.45, 2.75) is 19.9 Å². The number of anilines is 1. The largest absolute Gasteiger partial charge is 0.512 e. The Morgan fingerprint density at radius 1 is 1.26 bits per heavy atom. The van der Waals surface area contributed by atoms with Crippen molar-refractivity contribution in [2.24, 2.45) is 0 Å². The molecule has 0 saturated heterocycles. The molecule has 3 N–H and O–H groups in total. The molecule has 0 aliphatic heterocycles. The van der Waals surface area contributed by atoms with Crippen molar-refractivity contribution < 1.29 is 15.0 Å². The van der Waals surface area contributed by atoms with Crippen LogP contribution in [0, 0.1) is 0 Å². The summed E-state index contributed by atoms with van der Waals surface area (Å²) in [5, 5.41) is 23.4. The standard InChI is InChI=1S/C17H17ClN2O3/c1-10(21)16(11(2)22)17(14-5-3-4-8-19-14)20-13-7-6-12(18)9-15(13)23/h3-9,17,20-21,23H,1-2H3. The average Bonchev–Trinajstić information content (AvgIpc) is 2.49. The second-order valence-electron chi connectivity index (χ2n) is 5.05. The van der Waals surface area contributed by atoms with Crippen LogP contribution in [0.1, 0.15) is 25.6 Å². The van der Waals surface area contributed by atoms with Gasteiger partial charge in [-0.05, 0) is 38.1 Å². The number of aliphatic hydroxyl groups is 1. The molecule has 0 aliphatic carbocycles. The fraction of sp³-hybridized carbons (Fsp3) is 0.176. The summed E-state index contributed by atoms with van der Waals surface area (Å²) in [6.45, 7) is 2.81. The van der Waals surface area contributed by atoms with Crippen LogP contribution in [0.15, 0.2) is 53.9 Å². The van der Waals surface area contributed by atoms with Gasteiger partial charge in [-0.3, -0.25) is 9.78 Å². The first-order valence-electron chi connectivity index (χ1n) is 6.96. The smallest absolute Gasteiger partial charge is 0.161 e. The summed E-state index contributed by atoms with van der Waals surface area (Å²) >= 11 is 5.83. The van der Waals surface area contributed by atoms with Crippen LogP contribution in [0.25, 0.3) is 0 Å². The summed E-state index contributed by atoms with van der Waals surface area (Å²) in [6.07, 6.45) is 1.59. The van der Waals surface area contributed by atoms with Gasteiger partial charge in [0.1, 0.15) is 11.8 Å². The van der Waals surface area contributed by atoms with Gasteiger partial charge in [-0.1, -0.05) is 17.7 Å². The number of aromatic nitrogens is 1. The number of pyridine rings is 1. The number of phenols is 1. The maximum atomic E-state index is 12.0. The fourth-order valence-corrected chi connectivity index (χ4v) is 2.46. The van der Waals surface area contributed by atoms with Crippen molar-refractivity contribution in [1.29, 1.82) is 0 Å². The first-order chi connectivity index (χ1) is 10.9. The van der Waals surface area contributed by atoms with E-state index in [4.69, 9.17) is 11.6 Å². The van der Waals surface area contributed by atoms with Crippen LogP contribution in [-0.2, 0) is 4.79 Å². The molecule has 0 aliphatic rings. The predicted molar refractivity (Wildman–Crippen MR) is 89.7 cm³/mol. The lowest BCUT2D eigenvalue weighted by Crippen LogP contribution is -2.20. The van der Waals surface area contributed by atoms with Crippen LogP contribution >= 0.6 is 11.6 Å². The van der Waals surface area contributed by atoms with E-state index in [1.165, 1.54) is 19.9 Å². The third-order valence-electron chi connectivity index (χ3n) is 3.30. The van der Waals surface area contributed by atoms with Gasteiger partial charge in [0.25, 0.3) is 0 Å². The molecule has 0 spiro atoms. The highest BCUT2D eigenvalue weighted by atomic mass is 35.5. The number of Topliss-reactive ketones (excluding diaryl/α,β-unsaturated/α-hetero) is 1. The molecule has 0 radical (unpaired) electrons. The molecule has 6 heteroatoms. The van der Waals surface area contributed by atoms with E-state index in [-0.39, 0.29) is 22.9 Å². The summed E-state index contributed by atoms with van der Waals surface area (Å²) < 4.78 is 0. The summed E-state index contributed by atoms with van der Waals surface area (Å²) in [6, 6.07) is 9.16. The first kappa shape index (κ1) is 16.8. The predicted octanol–water partition coefficient (Wildman–Crippen LogP) is 4.01. The second-order valence-corrected chi connectivity index (χ2v) is 5.49. The molecular weight excluding hydrogens is 316 g/mol. The van der Waals surface area contributed by atoms with Crippen molar-refractivity contribution in [3.63, 3.8) is 0 Å². The van der Waals surface area contributed by atoms with Crippen LogP contribution in [0.2, 0.25) is 5.02 Å². The molecule has 1 atom stereocenters. The molecule has 23 heavy (non-hydrogen) atoms. The lowest BCUT2D eigenvalue weighted by molar-refractivity contribution is -0.114. The monoisotopic (exact) mass is 332 g/mol. The molecule has 0 bridgehead atoms. The molecule has 0 saturated carbocycles. The van der Waals surface area contributed by atoms with Gasteiger partial charge >= 0.3 is 0 Å². The van der Waals surface area contributed by atoms with E-state index >= 15 is 0 Å². The minimum Gasteiger partial charge on any atom is -0.512 e. The number of hydrogen-bond acceptors (Lipinski definition) is 5. The normalized spacial score (nSPS) is 13.2. The zero-order valence-electron chi connectivity index (χ0n) is 12.7. The van der Waals surface area contributed by atoms with Crippen molar-refractivity contribution in [3.05, 3.63) is 64.6 Å². The molecule has 0 fully saturated rings. The van der Waals surface area contributed by atoms with E-state index in [1.807, 2.05) is 0 Å². The number of benzene rings is 1. The third-order valence-corrected chi connectivity index (χ3v) is 3.54.